The molecule has 0 spiro atoms. The molecule has 0 heterocycles. The van der Waals surface area contributed by atoms with Crippen LogP contribution in [0.5, 0.6) is 0 Å². The van der Waals surface area contributed by atoms with Crippen LogP contribution in [0.15, 0.2) is 0 Å². The highest BCUT2D eigenvalue weighted by Crippen LogP contribution is 2.09. The Morgan fingerprint density at radius 2 is 1.58 bits per heavy atom. The van der Waals surface area contributed by atoms with Gasteiger partial charge in [-0.15, -0.1) is 0 Å². The number of hydrogen-bond donors (Lipinski definition) is 6. The minimum absolute atomic E-state index is 0.283. The number of carbonyl (C=O) groups is 5. The lowest BCUT2D eigenvalue weighted by Crippen LogP contribution is -2.58. The Kier molecular flexibility index (Phi) is 9.89. The van der Waals surface area contributed by atoms with Gasteiger partial charge in [-0.25, -0.2) is 0 Å². The monoisotopic (exact) mass is 373 g/mol. The van der Waals surface area contributed by atoms with Crippen LogP contribution in [0.3, 0.4) is 0 Å². The molecule has 26 heavy (non-hydrogen) atoms. The fourth-order valence-electron chi connectivity index (χ4n) is 1.94. The molecule has 0 rings (SSSR count). The van der Waals surface area contributed by atoms with E-state index >= 15 is 0 Å². The maximum Gasteiger partial charge on any atom is 0.322 e. The van der Waals surface area contributed by atoms with Gasteiger partial charge < -0.3 is 32.5 Å². The second kappa shape index (κ2) is 11.0. The van der Waals surface area contributed by atoms with Crippen molar-refractivity contribution in [3.05, 3.63) is 0 Å². The van der Waals surface area contributed by atoms with Gasteiger partial charge in [-0.3, -0.25) is 24.0 Å². The molecule has 0 aromatic heterocycles. The molecule has 8 N–H and O–H groups in total. The van der Waals surface area contributed by atoms with Crippen LogP contribution in [0, 0.1) is 5.92 Å². The van der Waals surface area contributed by atoms with Gasteiger partial charge in [-0.2, -0.15) is 0 Å². The third-order valence-electron chi connectivity index (χ3n) is 3.66. The quantitative estimate of drug-likeness (QED) is 0.229. The fourth-order valence-corrected chi connectivity index (χ4v) is 1.94. The summed E-state index contributed by atoms with van der Waals surface area (Å²) in [5.41, 5.74) is 10.6. The van der Waals surface area contributed by atoms with Crippen molar-refractivity contribution in [3.63, 3.8) is 0 Å². The Morgan fingerprint density at radius 1 is 1.00 bits per heavy atom. The molecule has 0 aromatic carbocycles. The molecule has 0 radical (unpaired) electrons. The second-order valence-electron chi connectivity index (χ2n) is 6.00. The van der Waals surface area contributed by atoms with Gasteiger partial charge in [0.05, 0.1) is 12.5 Å². The van der Waals surface area contributed by atoms with Crippen LogP contribution in [0.4, 0.5) is 0 Å². The van der Waals surface area contributed by atoms with Crippen molar-refractivity contribution in [2.75, 3.05) is 6.54 Å². The average molecular weight is 373 g/mol. The third kappa shape index (κ3) is 8.42. The molecule has 148 valence electrons. The number of amides is 4. The minimum Gasteiger partial charge on any atom is -0.480 e. The van der Waals surface area contributed by atoms with Crippen LogP contribution >= 0.6 is 0 Å². The summed E-state index contributed by atoms with van der Waals surface area (Å²) in [6.07, 6.45) is 0.0225. The van der Waals surface area contributed by atoms with Crippen molar-refractivity contribution in [1.82, 2.24) is 16.0 Å². The standard InChI is InChI=1S/C15H27N5O6/c1-4-7(2)12(20-13(24)8(3)16)15(26)19-9(5-10(17)21)14(25)18-6-11(22)23/h7-9,12H,4-6,16H2,1-3H3,(H2,17,21)(H,18,25)(H,19,26)(H,20,24)(H,22,23). The number of nitrogens with two attached hydrogens (primary N) is 2. The number of nitrogens with one attached hydrogen (secondary N) is 3. The molecule has 11 heteroatoms. The smallest absolute Gasteiger partial charge is 0.322 e. The van der Waals surface area contributed by atoms with Gasteiger partial charge in [0.2, 0.25) is 23.6 Å². The third-order valence-corrected chi connectivity index (χ3v) is 3.66. The van der Waals surface area contributed by atoms with Gasteiger partial charge in [0, 0.05) is 0 Å². The van der Waals surface area contributed by atoms with E-state index in [9.17, 15) is 24.0 Å². The van der Waals surface area contributed by atoms with Crippen molar-refractivity contribution in [3.8, 4) is 0 Å². The SMILES string of the molecule is CCC(C)C(NC(=O)C(C)N)C(=O)NC(CC(N)=O)C(=O)NCC(=O)O. The van der Waals surface area contributed by atoms with Crippen LogP contribution in [-0.2, 0) is 24.0 Å². The summed E-state index contributed by atoms with van der Waals surface area (Å²) in [5, 5.41) is 15.5. The summed E-state index contributed by atoms with van der Waals surface area (Å²) in [5.74, 6) is -4.56. The molecule has 0 aliphatic heterocycles. The molecule has 4 amide bonds. The van der Waals surface area contributed by atoms with Gasteiger partial charge in [-0.05, 0) is 12.8 Å². The van der Waals surface area contributed by atoms with Crippen molar-refractivity contribution in [2.45, 2.75) is 51.7 Å². The molecule has 0 aliphatic carbocycles. The summed E-state index contributed by atoms with van der Waals surface area (Å²) in [6, 6.07) is -3.19. The first-order valence-corrected chi connectivity index (χ1v) is 8.13. The second-order valence-corrected chi connectivity index (χ2v) is 6.00. The van der Waals surface area contributed by atoms with E-state index in [1.54, 1.807) is 6.92 Å². The van der Waals surface area contributed by atoms with Crippen molar-refractivity contribution in [1.29, 1.82) is 0 Å². The summed E-state index contributed by atoms with van der Waals surface area (Å²) in [6.45, 7) is 4.30. The van der Waals surface area contributed by atoms with Gasteiger partial charge >= 0.3 is 5.97 Å². The number of carbonyl (C=O) groups excluding carboxylic acids is 4. The molecular formula is C15H27N5O6. The van der Waals surface area contributed by atoms with E-state index in [0.717, 1.165) is 0 Å². The first-order chi connectivity index (χ1) is 12.0. The zero-order valence-electron chi connectivity index (χ0n) is 15.1. The number of aliphatic carboxylic acids is 1. The zero-order valence-corrected chi connectivity index (χ0v) is 15.1. The number of primary amides is 1. The first-order valence-electron chi connectivity index (χ1n) is 8.13. The molecule has 0 bridgehead atoms. The van der Waals surface area contributed by atoms with Crippen LogP contribution in [0.25, 0.3) is 0 Å². The highest BCUT2D eigenvalue weighted by atomic mass is 16.4. The molecule has 0 fully saturated rings. The summed E-state index contributed by atoms with van der Waals surface area (Å²) >= 11 is 0. The van der Waals surface area contributed by atoms with E-state index in [-0.39, 0.29) is 5.92 Å². The Hall–Kier alpha value is -2.69. The molecular weight excluding hydrogens is 346 g/mol. The Bertz CT molecular complexity index is 551. The van der Waals surface area contributed by atoms with E-state index in [4.69, 9.17) is 16.6 Å². The predicted molar refractivity (Wildman–Crippen MR) is 91.4 cm³/mol. The number of rotatable bonds is 11. The van der Waals surface area contributed by atoms with E-state index in [1.807, 2.05) is 6.92 Å². The molecule has 0 aromatic rings. The number of hydrogen-bond acceptors (Lipinski definition) is 6. The Labute approximate surface area is 151 Å². The van der Waals surface area contributed by atoms with Gasteiger partial charge in [0.25, 0.3) is 0 Å². The molecule has 4 atom stereocenters. The normalized spacial score (nSPS) is 15.1. The Balaban J connectivity index is 5.24. The van der Waals surface area contributed by atoms with Crippen molar-refractivity contribution < 1.29 is 29.1 Å². The molecule has 0 aliphatic rings. The lowest BCUT2D eigenvalue weighted by Gasteiger charge is -2.26. The summed E-state index contributed by atoms with van der Waals surface area (Å²) in [7, 11) is 0. The maximum atomic E-state index is 12.5. The molecule has 11 nitrogen and oxygen atoms in total. The number of carboxylic acids is 1. The van der Waals surface area contributed by atoms with E-state index in [2.05, 4.69) is 16.0 Å². The van der Waals surface area contributed by atoms with Crippen molar-refractivity contribution >= 4 is 29.6 Å². The molecule has 0 saturated heterocycles. The zero-order chi connectivity index (χ0) is 20.4. The fraction of sp³-hybridized carbons (Fsp3) is 0.667. The van der Waals surface area contributed by atoms with Crippen LogP contribution in [0.1, 0.15) is 33.6 Å². The summed E-state index contributed by atoms with van der Waals surface area (Å²) in [4.78, 5) is 58.0. The molecule has 4 unspecified atom stereocenters. The van der Waals surface area contributed by atoms with Gasteiger partial charge in [-0.1, -0.05) is 20.3 Å². The van der Waals surface area contributed by atoms with Gasteiger partial charge in [0.15, 0.2) is 0 Å². The number of carboxylic acid groups (broad SMARTS) is 1. The first kappa shape index (κ1) is 23.3. The Morgan fingerprint density at radius 3 is 2.00 bits per heavy atom. The van der Waals surface area contributed by atoms with Crippen molar-refractivity contribution in [2.24, 2.45) is 17.4 Å². The largest absolute Gasteiger partial charge is 0.480 e. The van der Waals surface area contributed by atoms with Crippen LogP contribution < -0.4 is 27.4 Å². The highest BCUT2D eigenvalue weighted by Gasteiger charge is 2.31. The van der Waals surface area contributed by atoms with E-state index in [0.29, 0.717) is 6.42 Å². The van der Waals surface area contributed by atoms with E-state index < -0.39 is 60.7 Å². The lowest BCUT2D eigenvalue weighted by atomic mass is 9.97. The summed E-state index contributed by atoms with van der Waals surface area (Å²) < 4.78 is 0. The topological polar surface area (TPSA) is 194 Å². The van der Waals surface area contributed by atoms with Crippen LogP contribution in [0.2, 0.25) is 0 Å². The predicted octanol–water partition coefficient (Wildman–Crippen LogP) is -2.57. The minimum atomic E-state index is -1.36. The average Bonchev–Trinajstić information content (AvgIpc) is 2.55. The van der Waals surface area contributed by atoms with E-state index in [1.165, 1.54) is 6.92 Å². The maximum absolute atomic E-state index is 12.5. The van der Waals surface area contributed by atoms with Gasteiger partial charge in [0.1, 0.15) is 18.6 Å². The van der Waals surface area contributed by atoms with Crippen LogP contribution in [-0.4, -0.2) is 59.4 Å². The lowest BCUT2D eigenvalue weighted by molar-refractivity contribution is -0.139. The molecule has 0 saturated carbocycles. The highest BCUT2D eigenvalue weighted by molar-refractivity contribution is 5.95.